The molecular formula is C13H16N2O4. The normalized spacial score (nSPS) is 20.5. The largest absolute Gasteiger partial charge is 0.479 e. The van der Waals surface area contributed by atoms with Gasteiger partial charge >= 0.3 is 5.97 Å². The Bertz CT molecular complexity index is 443. The lowest BCUT2D eigenvalue weighted by atomic mass is 10.1. The minimum absolute atomic E-state index is 0.257. The van der Waals surface area contributed by atoms with Gasteiger partial charge in [0.15, 0.2) is 6.04 Å². The summed E-state index contributed by atoms with van der Waals surface area (Å²) in [6.45, 7) is 1.40. The van der Waals surface area contributed by atoms with E-state index in [0.717, 1.165) is 0 Å². The van der Waals surface area contributed by atoms with Gasteiger partial charge in [-0.05, 0) is 5.56 Å². The lowest BCUT2D eigenvalue weighted by Crippen LogP contribution is -2.52. The first-order chi connectivity index (χ1) is 9.18. The molecule has 0 radical (unpaired) electrons. The highest BCUT2D eigenvalue weighted by Gasteiger charge is 2.27. The SMILES string of the molecule is O=C(NC(C(=O)O)c1ccccc1)C1COCCN1. The molecule has 0 spiro atoms. The molecule has 1 amide bonds. The topological polar surface area (TPSA) is 87.7 Å². The molecule has 0 bridgehead atoms. The second-order valence-corrected chi connectivity index (χ2v) is 4.27. The Morgan fingerprint density at radius 2 is 2.11 bits per heavy atom. The van der Waals surface area contributed by atoms with E-state index in [1.165, 1.54) is 0 Å². The number of carboxylic acids is 1. The van der Waals surface area contributed by atoms with Gasteiger partial charge < -0.3 is 20.5 Å². The van der Waals surface area contributed by atoms with Gasteiger partial charge in [-0.3, -0.25) is 4.79 Å². The van der Waals surface area contributed by atoms with Crippen LogP contribution in [0.15, 0.2) is 30.3 Å². The summed E-state index contributed by atoms with van der Waals surface area (Å²) in [5.74, 6) is -1.45. The maximum atomic E-state index is 12.0. The predicted octanol–water partition coefficient (Wildman–Crippen LogP) is -0.0831. The number of carboxylic acid groups (broad SMARTS) is 1. The molecule has 6 nitrogen and oxygen atoms in total. The number of rotatable bonds is 4. The summed E-state index contributed by atoms with van der Waals surface area (Å²) in [5.41, 5.74) is 0.542. The number of amides is 1. The molecule has 1 fully saturated rings. The van der Waals surface area contributed by atoms with Crippen molar-refractivity contribution in [2.24, 2.45) is 0 Å². The smallest absolute Gasteiger partial charge is 0.330 e. The van der Waals surface area contributed by atoms with Crippen molar-refractivity contribution in [1.29, 1.82) is 0 Å². The number of aliphatic carboxylic acids is 1. The Kier molecular flexibility index (Phi) is 4.48. The van der Waals surface area contributed by atoms with Crippen molar-refractivity contribution in [2.45, 2.75) is 12.1 Å². The van der Waals surface area contributed by atoms with Crippen LogP contribution in [0.1, 0.15) is 11.6 Å². The monoisotopic (exact) mass is 264 g/mol. The van der Waals surface area contributed by atoms with Gasteiger partial charge in [-0.2, -0.15) is 0 Å². The molecule has 2 unspecified atom stereocenters. The van der Waals surface area contributed by atoms with Crippen molar-refractivity contribution >= 4 is 11.9 Å². The molecular weight excluding hydrogens is 248 g/mol. The average Bonchev–Trinajstić information content (AvgIpc) is 2.46. The first-order valence-electron chi connectivity index (χ1n) is 6.08. The Balaban J connectivity index is 2.04. The van der Waals surface area contributed by atoms with Crippen LogP contribution in [0, 0.1) is 0 Å². The molecule has 2 rings (SSSR count). The fourth-order valence-corrected chi connectivity index (χ4v) is 1.91. The summed E-state index contributed by atoms with van der Waals surface area (Å²) < 4.78 is 5.18. The van der Waals surface area contributed by atoms with Crippen molar-refractivity contribution < 1.29 is 19.4 Å². The van der Waals surface area contributed by atoms with Crippen molar-refractivity contribution in [3.05, 3.63) is 35.9 Å². The lowest BCUT2D eigenvalue weighted by molar-refractivity contribution is -0.142. The lowest BCUT2D eigenvalue weighted by Gasteiger charge is -2.24. The van der Waals surface area contributed by atoms with Crippen LogP contribution in [0.3, 0.4) is 0 Å². The summed E-state index contributed by atoms with van der Waals surface area (Å²) >= 11 is 0. The number of carbonyl (C=O) groups excluding carboxylic acids is 1. The van der Waals surface area contributed by atoms with Gasteiger partial charge in [-0.25, -0.2) is 4.79 Å². The number of benzene rings is 1. The molecule has 1 saturated heterocycles. The molecule has 3 N–H and O–H groups in total. The second kappa shape index (κ2) is 6.31. The summed E-state index contributed by atoms with van der Waals surface area (Å²) in [6.07, 6.45) is 0. The number of hydrogen-bond donors (Lipinski definition) is 3. The van der Waals surface area contributed by atoms with E-state index in [2.05, 4.69) is 10.6 Å². The van der Waals surface area contributed by atoms with E-state index in [1.54, 1.807) is 30.3 Å². The third kappa shape index (κ3) is 3.52. The van der Waals surface area contributed by atoms with Gasteiger partial charge in [0.1, 0.15) is 6.04 Å². The highest BCUT2D eigenvalue weighted by Crippen LogP contribution is 2.13. The van der Waals surface area contributed by atoms with Crippen LogP contribution in [-0.4, -0.2) is 42.8 Å². The molecule has 2 atom stereocenters. The first-order valence-corrected chi connectivity index (χ1v) is 6.08. The van der Waals surface area contributed by atoms with E-state index >= 15 is 0 Å². The number of nitrogens with one attached hydrogen (secondary N) is 2. The molecule has 1 aromatic rings. The Morgan fingerprint density at radius 3 is 2.68 bits per heavy atom. The van der Waals surface area contributed by atoms with Crippen LogP contribution in [0.25, 0.3) is 0 Å². The van der Waals surface area contributed by atoms with Crippen LogP contribution >= 0.6 is 0 Å². The number of ether oxygens (including phenoxy) is 1. The van der Waals surface area contributed by atoms with E-state index in [0.29, 0.717) is 18.7 Å². The van der Waals surface area contributed by atoms with Gasteiger partial charge in [-0.1, -0.05) is 30.3 Å². The molecule has 0 saturated carbocycles. The van der Waals surface area contributed by atoms with E-state index in [9.17, 15) is 14.7 Å². The Labute approximate surface area is 110 Å². The third-order valence-electron chi connectivity index (χ3n) is 2.90. The maximum Gasteiger partial charge on any atom is 0.330 e. The molecule has 19 heavy (non-hydrogen) atoms. The number of carbonyl (C=O) groups is 2. The van der Waals surface area contributed by atoms with Crippen LogP contribution in [0.5, 0.6) is 0 Å². The minimum Gasteiger partial charge on any atom is -0.479 e. The zero-order valence-corrected chi connectivity index (χ0v) is 10.3. The van der Waals surface area contributed by atoms with Crippen LogP contribution in [0.2, 0.25) is 0 Å². The van der Waals surface area contributed by atoms with Crippen molar-refractivity contribution in [1.82, 2.24) is 10.6 Å². The predicted molar refractivity (Wildman–Crippen MR) is 67.6 cm³/mol. The van der Waals surface area contributed by atoms with E-state index in [4.69, 9.17) is 4.74 Å². The average molecular weight is 264 g/mol. The second-order valence-electron chi connectivity index (χ2n) is 4.27. The fraction of sp³-hybridized carbons (Fsp3) is 0.385. The number of morpholine rings is 1. The standard InChI is InChI=1S/C13H16N2O4/c16-12(10-8-19-7-6-14-10)15-11(13(17)18)9-4-2-1-3-5-9/h1-5,10-11,14H,6-8H2,(H,15,16)(H,17,18). The fourth-order valence-electron chi connectivity index (χ4n) is 1.91. The van der Waals surface area contributed by atoms with E-state index < -0.39 is 18.1 Å². The molecule has 1 aliphatic rings. The number of hydrogen-bond acceptors (Lipinski definition) is 4. The molecule has 1 aliphatic heterocycles. The zero-order valence-electron chi connectivity index (χ0n) is 10.3. The van der Waals surface area contributed by atoms with Gasteiger partial charge in [0.25, 0.3) is 0 Å². The maximum absolute atomic E-state index is 12.0. The minimum atomic E-state index is -1.09. The summed E-state index contributed by atoms with van der Waals surface area (Å²) in [6, 6.07) is 7.06. The van der Waals surface area contributed by atoms with Crippen LogP contribution in [-0.2, 0) is 14.3 Å². The Morgan fingerprint density at radius 1 is 1.37 bits per heavy atom. The molecule has 102 valence electrons. The summed E-state index contributed by atoms with van der Waals surface area (Å²) in [7, 11) is 0. The molecule has 1 heterocycles. The molecule has 0 aliphatic carbocycles. The molecule has 6 heteroatoms. The highest BCUT2D eigenvalue weighted by molar-refractivity contribution is 5.87. The highest BCUT2D eigenvalue weighted by atomic mass is 16.5. The van der Waals surface area contributed by atoms with Gasteiger partial charge in [0.2, 0.25) is 5.91 Å². The van der Waals surface area contributed by atoms with Crippen LogP contribution < -0.4 is 10.6 Å². The third-order valence-corrected chi connectivity index (χ3v) is 2.90. The van der Waals surface area contributed by atoms with Crippen molar-refractivity contribution in [3.63, 3.8) is 0 Å². The quantitative estimate of drug-likeness (QED) is 0.708. The summed E-state index contributed by atoms with van der Waals surface area (Å²) in [4.78, 5) is 23.2. The van der Waals surface area contributed by atoms with Crippen molar-refractivity contribution in [2.75, 3.05) is 19.8 Å². The summed E-state index contributed by atoms with van der Waals surface area (Å²) in [5, 5.41) is 14.7. The first kappa shape index (κ1) is 13.5. The zero-order chi connectivity index (χ0) is 13.7. The van der Waals surface area contributed by atoms with Gasteiger partial charge in [0, 0.05) is 6.54 Å². The van der Waals surface area contributed by atoms with Crippen molar-refractivity contribution in [3.8, 4) is 0 Å². The van der Waals surface area contributed by atoms with Gasteiger partial charge in [0.05, 0.1) is 13.2 Å². The molecule has 1 aromatic carbocycles. The van der Waals surface area contributed by atoms with E-state index in [1.807, 2.05) is 0 Å². The molecule has 0 aromatic heterocycles. The Hall–Kier alpha value is -1.92. The van der Waals surface area contributed by atoms with E-state index in [-0.39, 0.29) is 12.5 Å². The van der Waals surface area contributed by atoms with Gasteiger partial charge in [-0.15, -0.1) is 0 Å². The van der Waals surface area contributed by atoms with Crippen LogP contribution in [0.4, 0.5) is 0 Å².